The van der Waals surface area contributed by atoms with Crippen LogP contribution >= 0.6 is 0 Å². The van der Waals surface area contributed by atoms with Gasteiger partial charge in [-0.05, 0) is 49.9 Å². The van der Waals surface area contributed by atoms with Crippen LogP contribution in [0.25, 0.3) is 0 Å². The average molecular weight is 310 g/mol. The molecule has 23 heavy (non-hydrogen) atoms. The monoisotopic (exact) mass is 310 g/mol. The quantitative estimate of drug-likeness (QED) is 0.637. The summed E-state index contributed by atoms with van der Waals surface area (Å²) < 4.78 is 0. The van der Waals surface area contributed by atoms with Crippen LogP contribution in [0, 0.1) is 13.8 Å². The molecule has 0 spiro atoms. The van der Waals surface area contributed by atoms with Crippen LogP contribution in [0.3, 0.4) is 0 Å². The maximum absolute atomic E-state index is 4.68. The Balaban J connectivity index is 1.91. The van der Waals surface area contributed by atoms with E-state index < -0.39 is 0 Å². The summed E-state index contributed by atoms with van der Waals surface area (Å²) in [7, 11) is 0. The van der Waals surface area contributed by atoms with E-state index in [-0.39, 0.29) is 0 Å². The number of pyridine rings is 1. The maximum atomic E-state index is 4.68. The van der Waals surface area contributed by atoms with Crippen molar-refractivity contribution in [2.45, 2.75) is 33.7 Å². The van der Waals surface area contributed by atoms with Gasteiger partial charge < -0.3 is 10.6 Å². The van der Waals surface area contributed by atoms with Gasteiger partial charge >= 0.3 is 0 Å². The molecule has 0 bridgehead atoms. The molecule has 2 N–H and O–H groups in total. The minimum atomic E-state index is 0.689. The van der Waals surface area contributed by atoms with Crippen molar-refractivity contribution in [2.24, 2.45) is 4.99 Å². The highest BCUT2D eigenvalue weighted by molar-refractivity contribution is 5.79. The van der Waals surface area contributed by atoms with Crippen LogP contribution in [0.1, 0.15) is 29.2 Å². The second-order valence-electron chi connectivity index (χ2n) is 5.66. The van der Waals surface area contributed by atoms with Crippen molar-refractivity contribution in [3.05, 3.63) is 65.0 Å². The number of nitrogens with one attached hydrogen (secondary N) is 2. The zero-order valence-electron chi connectivity index (χ0n) is 14.3. The molecule has 4 heteroatoms. The number of hydrogen-bond donors (Lipinski definition) is 2. The maximum Gasteiger partial charge on any atom is 0.191 e. The summed E-state index contributed by atoms with van der Waals surface area (Å²) in [4.78, 5) is 8.82. The Kier molecular flexibility index (Phi) is 6.60. The summed E-state index contributed by atoms with van der Waals surface area (Å²) in [6.07, 6.45) is 4.63. The summed E-state index contributed by atoms with van der Waals surface area (Å²) in [6, 6.07) is 10.6. The van der Waals surface area contributed by atoms with Crippen molar-refractivity contribution in [1.82, 2.24) is 15.6 Å². The van der Waals surface area contributed by atoms with Crippen molar-refractivity contribution < 1.29 is 0 Å². The molecule has 1 heterocycles. The molecule has 4 nitrogen and oxygen atoms in total. The van der Waals surface area contributed by atoms with Crippen molar-refractivity contribution in [2.75, 3.05) is 13.1 Å². The standard InChI is InChI=1S/C19H26N4/c1-4-21-19(22-11-9-17-6-5-10-20-13-17)23-14-18-8-7-15(2)12-16(18)3/h5-8,10,12-13H,4,9,11,14H2,1-3H3,(H2,21,22,23). The number of nitrogens with zero attached hydrogens (tertiary/aromatic N) is 2. The Labute approximate surface area is 139 Å². The predicted octanol–water partition coefficient (Wildman–Crippen LogP) is 3.00. The van der Waals surface area contributed by atoms with Crippen LogP contribution in [0.15, 0.2) is 47.7 Å². The normalized spacial score (nSPS) is 11.3. The van der Waals surface area contributed by atoms with Crippen LogP contribution in [0.4, 0.5) is 0 Å². The minimum absolute atomic E-state index is 0.689. The number of aliphatic imine (C=N–C) groups is 1. The molecule has 0 aliphatic rings. The van der Waals surface area contributed by atoms with Gasteiger partial charge in [0.25, 0.3) is 0 Å². The lowest BCUT2D eigenvalue weighted by Gasteiger charge is -2.12. The number of hydrogen-bond acceptors (Lipinski definition) is 2. The van der Waals surface area contributed by atoms with Crippen molar-refractivity contribution >= 4 is 5.96 Å². The number of aromatic nitrogens is 1. The molecule has 122 valence electrons. The fraction of sp³-hybridized carbons (Fsp3) is 0.368. The molecule has 0 fully saturated rings. The fourth-order valence-electron chi connectivity index (χ4n) is 2.40. The van der Waals surface area contributed by atoms with Gasteiger partial charge in [-0.25, -0.2) is 4.99 Å². The van der Waals surface area contributed by atoms with E-state index in [1.165, 1.54) is 22.3 Å². The highest BCUT2D eigenvalue weighted by atomic mass is 15.2. The first kappa shape index (κ1) is 17.0. The predicted molar refractivity (Wildman–Crippen MR) is 96.7 cm³/mol. The van der Waals surface area contributed by atoms with Crippen LogP contribution in [0.2, 0.25) is 0 Å². The number of benzene rings is 1. The van der Waals surface area contributed by atoms with Crippen molar-refractivity contribution in [3.8, 4) is 0 Å². The van der Waals surface area contributed by atoms with Crippen LogP contribution in [-0.4, -0.2) is 24.0 Å². The van der Waals surface area contributed by atoms with E-state index in [1.807, 2.05) is 12.3 Å². The van der Waals surface area contributed by atoms with Crippen molar-refractivity contribution in [1.29, 1.82) is 0 Å². The van der Waals surface area contributed by atoms with E-state index in [9.17, 15) is 0 Å². The highest BCUT2D eigenvalue weighted by Crippen LogP contribution is 2.11. The van der Waals surface area contributed by atoms with Gasteiger partial charge in [0.2, 0.25) is 0 Å². The van der Waals surface area contributed by atoms with E-state index in [2.05, 4.69) is 65.6 Å². The average Bonchev–Trinajstić information content (AvgIpc) is 2.55. The third-order valence-electron chi connectivity index (χ3n) is 3.68. The topological polar surface area (TPSA) is 49.3 Å². The molecule has 0 atom stereocenters. The molecule has 1 aromatic carbocycles. The van der Waals surface area contributed by atoms with E-state index in [1.54, 1.807) is 6.20 Å². The van der Waals surface area contributed by atoms with E-state index in [0.29, 0.717) is 6.54 Å². The van der Waals surface area contributed by atoms with E-state index >= 15 is 0 Å². The van der Waals surface area contributed by atoms with Crippen LogP contribution in [-0.2, 0) is 13.0 Å². The summed E-state index contributed by atoms with van der Waals surface area (Å²) in [5.41, 5.74) is 5.07. The van der Waals surface area contributed by atoms with Crippen LogP contribution in [0.5, 0.6) is 0 Å². The largest absolute Gasteiger partial charge is 0.357 e. The van der Waals surface area contributed by atoms with Gasteiger partial charge in [0.1, 0.15) is 0 Å². The molecule has 1 aromatic heterocycles. The minimum Gasteiger partial charge on any atom is -0.357 e. The van der Waals surface area contributed by atoms with Gasteiger partial charge in [0.15, 0.2) is 5.96 Å². The molecular weight excluding hydrogens is 284 g/mol. The first-order chi connectivity index (χ1) is 11.2. The molecule has 2 aromatic rings. The van der Waals surface area contributed by atoms with Crippen molar-refractivity contribution in [3.63, 3.8) is 0 Å². The van der Waals surface area contributed by atoms with Gasteiger partial charge in [0.05, 0.1) is 6.54 Å². The second-order valence-corrected chi connectivity index (χ2v) is 5.66. The van der Waals surface area contributed by atoms with Gasteiger partial charge in [-0.15, -0.1) is 0 Å². The lowest BCUT2D eigenvalue weighted by molar-refractivity contribution is 0.797. The lowest BCUT2D eigenvalue weighted by atomic mass is 10.1. The van der Waals surface area contributed by atoms with Gasteiger partial charge in [-0.3, -0.25) is 4.98 Å². The number of guanidine groups is 1. The molecule has 0 saturated carbocycles. The zero-order chi connectivity index (χ0) is 16.5. The third kappa shape index (κ3) is 5.74. The highest BCUT2D eigenvalue weighted by Gasteiger charge is 2.01. The Bertz CT molecular complexity index is 635. The smallest absolute Gasteiger partial charge is 0.191 e. The van der Waals surface area contributed by atoms with E-state index in [0.717, 1.165) is 25.5 Å². The molecule has 0 aliphatic carbocycles. The molecule has 0 saturated heterocycles. The summed E-state index contributed by atoms with van der Waals surface area (Å²) in [5, 5.41) is 6.67. The lowest BCUT2D eigenvalue weighted by Crippen LogP contribution is -2.38. The van der Waals surface area contributed by atoms with Gasteiger partial charge in [-0.2, -0.15) is 0 Å². The summed E-state index contributed by atoms with van der Waals surface area (Å²) in [5.74, 6) is 0.858. The Morgan fingerprint density at radius 3 is 2.74 bits per heavy atom. The first-order valence-electron chi connectivity index (χ1n) is 8.16. The molecule has 0 radical (unpaired) electrons. The van der Waals surface area contributed by atoms with Gasteiger partial charge in [0, 0.05) is 25.5 Å². The fourth-order valence-corrected chi connectivity index (χ4v) is 2.40. The Morgan fingerprint density at radius 2 is 2.04 bits per heavy atom. The van der Waals surface area contributed by atoms with E-state index in [4.69, 9.17) is 0 Å². The molecule has 2 rings (SSSR count). The molecule has 0 aliphatic heterocycles. The molecular formula is C19H26N4. The molecule has 0 amide bonds. The summed E-state index contributed by atoms with van der Waals surface area (Å²) >= 11 is 0. The Morgan fingerprint density at radius 1 is 1.17 bits per heavy atom. The first-order valence-corrected chi connectivity index (χ1v) is 8.16. The van der Waals surface area contributed by atoms with Crippen LogP contribution < -0.4 is 10.6 Å². The summed E-state index contributed by atoms with van der Waals surface area (Å²) in [6.45, 7) is 8.71. The molecule has 0 unspecified atom stereocenters. The number of aryl methyl sites for hydroxylation is 2. The Hall–Kier alpha value is -2.36. The van der Waals surface area contributed by atoms with Gasteiger partial charge in [-0.1, -0.05) is 29.8 Å². The SMILES string of the molecule is CCNC(=NCc1ccc(C)cc1C)NCCc1cccnc1. The number of rotatable bonds is 6. The third-order valence-corrected chi connectivity index (χ3v) is 3.68. The second kappa shape index (κ2) is 8.93. The zero-order valence-corrected chi connectivity index (χ0v) is 14.3.